The number of hydrogen-bond donors (Lipinski definition) is 2. The van der Waals surface area contributed by atoms with Gasteiger partial charge in [0, 0.05) is 21.5 Å². The molecule has 1 aromatic heterocycles. The fourth-order valence-corrected chi connectivity index (χ4v) is 3.29. The number of fused-ring (bicyclic) bond motifs is 1. The highest BCUT2D eigenvalue weighted by Gasteiger charge is 2.23. The van der Waals surface area contributed by atoms with Crippen LogP contribution in [0.4, 0.5) is 28.7 Å². The number of nitrogen functional groups attached to an aromatic ring is 1. The number of anilines is 5. The van der Waals surface area contributed by atoms with Crippen molar-refractivity contribution in [2.45, 2.75) is 6.42 Å². The van der Waals surface area contributed by atoms with Crippen LogP contribution in [-0.4, -0.2) is 16.5 Å². The molecule has 0 fully saturated rings. The molecule has 2 aromatic carbocycles. The number of rotatable bonds is 3. The molecular weight excluding hydrogens is 413 g/mol. The van der Waals surface area contributed by atoms with Crippen molar-refractivity contribution in [3.63, 3.8) is 0 Å². The standard InChI is InChI=1S/C18H16IN5/c19-13-5-7-14(8-6-13)23-17-16(20)18(22-11-21-17)24-10-9-12-3-1-2-4-15(12)24/h1-8,11H,9-10,20H2,(H,21,22,23). The highest BCUT2D eigenvalue weighted by atomic mass is 127. The summed E-state index contributed by atoms with van der Waals surface area (Å²) >= 11 is 2.28. The second-order valence-electron chi connectivity index (χ2n) is 5.62. The van der Waals surface area contributed by atoms with E-state index in [9.17, 15) is 0 Å². The van der Waals surface area contributed by atoms with E-state index in [4.69, 9.17) is 5.73 Å². The van der Waals surface area contributed by atoms with E-state index in [0.29, 0.717) is 11.5 Å². The number of nitrogens with zero attached hydrogens (tertiary/aromatic N) is 3. The van der Waals surface area contributed by atoms with Crippen molar-refractivity contribution in [1.82, 2.24) is 9.97 Å². The van der Waals surface area contributed by atoms with Crippen LogP contribution in [0.2, 0.25) is 0 Å². The van der Waals surface area contributed by atoms with E-state index < -0.39 is 0 Å². The topological polar surface area (TPSA) is 67.1 Å². The molecule has 0 aliphatic carbocycles. The molecule has 4 rings (SSSR count). The molecule has 0 unspecified atom stereocenters. The molecule has 0 saturated carbocycles. The lowest BCUT2D eigenvalue weighted by molar-refractivity contribution is 0.967. The normalized spacial score (nSPS) is 13.0. The maximum absolute atomic E-state index is 6.37. The Morgan fingerprint density at radius 3 is 2.67 bits per heavy atom. The molecule has 120 valence electrons. The van der Waals surface area contributed by atoms with Gasteiger partial charge in [-0.05, 0) is 64.9 Å². The van der Waals surface area contributed by atoms with Crippen LogP contribution < -0.4 is 16.0 Å². The summed E-state index contributed by atoms with van der Waals surface area (Å²) in [6, 6.07) is 16.5. The number of aromatic nitrogens is 2. The van der Waals surface area contributed by atoms with Crippen LogP contribution in [0, 0.1) is 3.57 Å². The molecule has 3 N–H and O–H groups in total. The molecule has 1 aliphatic rings. The molecule has 24 heavy (non-hydrogen) atoms. The third-order valence-corrected chi connectivity index (χ3v) is 4.83. The molecular formula is C18H16IN5. The lowest BCUT2D eigenvalue weighted by Gasteiger charge is -2.21. The Morgan fingerprint density at radius 2 is 1.83 bits per heavy atom. The quantitative estimate of drug-likeness (QED) is 0.614. The van der Waals surface area contributed by atoms with Crippen LogP contribution in [0.5, 0.6) is 0 Å². The van der Waals surface area contributed by atoms with E-state index in [1.165, 1.54) is 14.8 Å². The number of benzene rings is 2. The van der Waals surface area contributed by atoms with E-state index in [-0.39, 0.29) is 0 Å². The Labute approximate surface area is 154 Å². The van der Waals surface area contributed by atoms with Gasteiger partial charge in [-0.3, -0.25) is 0 Å². The van der Waals surface area contributed by atoms with Gasteiger partial charge in [0.15, 0.2) is 11.6 Å². The molecule has 5 nitrogen and oxygen atoms in total. The summed E-state index contributed by atoms with van der Waals surface area (Å²) in [7, 11) is 0. The van der Waals surface area contributed by atoms with Crippen LogP contribution in [-0.2, 0) is 6.42 Å². The lowest BCUT2D eigenvalue weighted by atomic mass is 10.2. The Kier molecular flexibility index (Phi) is 3.97. The number of nitrogens with two attached hydrogens (primary N) is 1. The predicted molar refractivity (Wildman–Crippen MR) is 106 cm³/mol. The largest absolute Gasteiger partial charge is 0.393 e. The van der Waals surface area contributed by atoms with Gasteiger partial charge in [0.2, 0.25) is 0 Å². The lowest BCUT2D eigenvalue weighted by Crippen LogP contribution is -2.17. The zero-order valence-electron chi connectivity index (χ0n) is 12.9. The van der Waals surface area contributed by atoms with Crippen LogP contribution in [0.25, 0.3) is 0 Å². The predicted octanol–water partition coefficient (Wildman–Crippen LogP) is 4.10. The third-order valence-electron chi connectivity index (χ3n) is 4.11. The first-order valence-corrected chi connectivity index (χ1v) is 8.79. The number of hydrogen-bond acceptors (Lipinski definition) is 5. The number of para-hydroxylation sites is 1. The molecule has 0 saturated heterocycles. The molecule has 2 heterocycles. The highest BCUT2D eigenvalue weighted by Crippen LogP contribution is 2.38. The fourth-order valence-electron chi connectivity index (χ4n) is 2.93. The molecule has 6 heteroatoms. The maximum atomic E-state index is 6.37. The van der Waals surface area contributed by atoms with Gasteiger partial charge in [0.05, 0.1) is 0 Å². The van der Waals surface area contributed by atoms with Crippen LogP contribution in [0.15, 0.2) is 54.9 Å². The van der Waals surface area contributed by atoms with E-state index >= 15 is 0 Å². The smallest absolute Gasteiger partial charge is 0.161 e. The fraction of sp³-hybridized carbons (Fsp3) is 0.111. The van der Waals surface area contributed by atoms with Gasteiger partial charge in [-0.2, -0.15) is 0 Å². The molecule has 1 aliphatic heterocycles. The molecule has 0 radical (unpaired) electrons. The Morgan fingerprint density at radius 1 is 1.04 bits per heavy atom. The van der Waals surface area contributed by atoms with Gasteiger partial charge < -0.3 is 16.0 Å². The van der Waals surface area contributed by atoms with Gasteiger partial charge in [-0.15, -0.1) is 0 Å². The summed E-state index contributed by atoms with van der Waals surface area (Å²) in [5.41, 5.74) is 10.4. The first-order chi connectivity index (χ1) is 11.7. The van der Waals surface area contributed by atoms with Crippen molar-refractivity contribution >= 4 is 51.3 Å². The summed E-state index contributed by atoms with van der Waals surface area (Å²) in [5.74, 6) is 1.38. The minimum absolute atomic E-state index is 0.563. The minimum Gasteiger partial charge on any atom is -0.393 e. The number of nitrogens with one attached hydrogen (secondary N) is 1. The highest BCUT2D eigenvalue weighted by molar-refractivity contribution is 14.1. The van der Waals surface area contributed by atoms with Crippen molar-refractivity contribution < 1.29 is 0 Å². The second-order valence-corrected chi connectivity index (χ2v) is 6.87. The number of halogens is 1. The molecule has 0 bridgehead atoms. The molecule has 0 spiro atoms. The first-order valence-electron chi connectivity index (χ1n) is 7.71. The Hall–Kier alpha value is -2.35. The second kappa shape index (κ2) is 6.27. The first kappa shape index (κ1) is 15.2. The zero-order valence-corrected chi connectivity index (χ0v) is 15.1. The monoisotopic (exact) mass is 429 g/mol. The van der Waals surface area contributed by atoms with E-state index in [1.807, 2.05) is 30.3 Å². The summed E-state index contributed by atoms with van der Waals surface area (Å²) in [6.45, 7) is 0.879. The van der Waals surface area contributed by atoms with Gasteiger partial charge in [0.1, 0.15) is 12.0 Å². The summed E-state index contributed by atoms with van der Waals surface area (Å²) in [5, 5.41) is 3.28. The summed E-state index contributed by atoms with van der Waals surface area (Å²) in [6.07, 6.45) is 2.56. The molecule has 0 amide bonds. The van der Waals surface area contributed by atoms with Gasteiger partial charge >= 0.3 is 0 Å². The van der Waals surface area contributed by atoms with Crippen LogP contribution in [0.3, 0.4) is 0 Å². The Bertz CT molecular complexity index is 879. The SMILES string of the molecule is Nc1c(Nc2ccc(I)cc2)ncnc1N1CCc2ccccc21. The van der Waals surface area contributed by atoms with Gasteiger partial charge in [0.25, 0.3) is 0 Å². The van der Waals surface area contributed by atoms with Crippen LogP contribution >= 0.6 is 22.6 Å². The van der Waals surface area contributed by atoms with Crippen molar-refractivity contribution in [3.8, 4) is 0 Å². The maximum Gasteiger partial charge on any atom is 0.161 e. The van der Waals surface area contributed by atoms with Crippen molar-refractivity contribution in [2.24, 2.45) is 0 Å². The van der Waals surface area contributed by atoms with Crippen LogP contribution in [0.1, 0.15) is 5.56 Å². The third kappa shape index (κ3) is 2.77. The Balaban J connectivity index is 1.68. The average molecular weight is 429 g/mol. The minimum atomic E-state index is 0.563. The van der Waals surface area contributed by atoms with Gasteiger partial charge in [-0.25, -0.2) is 9.97 Å². The van der Waals surface area contributed by atoms with Crippen molar-refractivity contribution in [1.29, 1.82) is 0 Å². The molecule has 0 atom stereocenters. The van der Waals surface area contributed by atoms with Crippen molar-refractivity contribution in [3.05, 3.63) is 64.0 Å². The summed E-state index contributed by atoms with van der Waals surface area (Å²) in [4.78, 5) is 10.9. The summed E-state index contributed by atoms with van der Waals surface area (Å²) < 4.78 is 1.18. The van der Waals surface area contributed by atoms with Crippen molar-refractivity contribution in [2.75, 3.05) is 22.5 Å². The zero-order chi connectivity index (χ0) is 16.5. The average Bonchev–Trinajstić information content (AvgIpc) is 3.03. The van der Waals surface area contributed by atoms with E-state index in [2.05, 4.69) is 61.0 Å². The molecule has 3 aromatic rings. The van der Waals surface area contributed by atoms with E-state index in [1.54, 1.807) is 6.33 Å². The van der Waals surface area contributed by atoms with Gasteiger partial charge in [-0.1, -0.05) is 18.2 Å². The van der Waals surface area contributed by atoms with E-state index in [0.717, 1.165) is 24.5 Å².